The van der Waals surface area contributed by atoms with Gasteiger partial charge in [0.2, 0.25) is 10.0 Å². The Morgan fingerprint density at radius 3 is 2.53 bits per heavy atom. The van der Waals surface area contributed by atoms with E-state index < -0.39 is 15.8 Å². The molecule has 0 amide bonds. The van der Waals surface area contributed by atoms with Crippen LogP contribution in [-0.2, 0) is 10.0 Å². The minimum absolute atomic E-state index is 0.0545. The van der Waals surface area contributed by atoms with E-state index in [2.05, 4.69) is 34.5 Å². The first kappa shape index (κ1) is 14.9. The number of nitrogens with one attached hydrogen (secondary N) is 1. The molecule has 6 heteroatoms. The van der Waals surface area contributed by atoms with E-state index in [0.29, 0.717) is 16.9 Å². The van der Waals surface area contributed by atoms with Crippen molar-refractivity contribution in [3.8, 4) is 0 Å². The molecule has 0 saturated heterocycles. The molecule has 1 aliphatic carbocycles. The van der Waals surface area contributed by atoms with Crippen molar-refractivity contribution in [3.63, 3.8) is 0 Å². The summed E-state index contributed by atoms with van der Waals surface area (Å²) in [7, 11) is -3.78. The zero-order valence-electron chi connectivity index (χ0n) is 10.9. The lowest BCUT2D eigenvalue weighted by atomic mass is 9.93. The highest BCUT2D eigenvalue weighted by Crippen LogP contribution is 2.51. The number of benzene rings is 1. The molecule has 0 spiro atoms. The van der Waals surface area contributed by atoms with Crippen LogP contribution in [0.5, 0.6) is 0 Å². The van der Waals surface area contributed by atoms with E-state index >= 15 is 0 Å². The first-order chi connectivity index (χ1) is 8.77. The monoisotopic (exact) mass is 349 g/mol. The highest BCUT2D eigenvalue weighted by Gasteiger charge is 2.45. The van der Waals surface area contributed by atoms with E-state index in [0.717, 1.165) is 18.9 Å². The molecule has 1 aromatic carbocycles. The molecular weight excluding hydrogens is 333 g/mol. The van der Waals surface area contributed by atoms with Gasteiger partial charge in [0, 0.05) is 11.0 Å². The summed E-state index contributed by atoms with van der Waals surface area (Å²) < 4.78 is 40.9. The van der Waals surface area contributed by atoms with Gasteiger partial charge < -0.3 is 0 Å². The highest BCUT2D eigenvalue weighted by molar-refractivity contribution is 9.10. The van der Waals surface area contributed by atoms with Crippen molar-refractivity contribution in [2.75, 3.05) is 6.54 Å². The minimum Gasteiger partial charge on any atom is -0.210 e. The molecule has 1 aromatic rings. The lowest BCUT2D eigenvalue weighted by Gasteiger charge is -2.20. The van der Waals surface area contributed by atoms with Gasteiger partial charge in [0.25, 0.3) is 0 Å². The molecule has 19 heavy (non-hydrogen) atoms. The number of hydrogen-bond donors (Lipinski definition) is 1. The predicted octanol–water partition coefficient (Wildman–Crippen LogP) is 3.30. The van der Waals surface area contributed by atoms with Crippen LogP contribution in [-0.4, -0.2) is 15.0 Å². The van der Waals surface area contributed by atoms with Gasteiger partial charge in [0.1, 0.15) is 10.7 Å². The second-order valence-electron chi connectivity index (χ2n) is 5.42. The number of rotatable bonds is 5. The smallest absolute Gasteiger partial charge is 0.210 e. The Morgan fingerprint density at radius 1 is 1.42 bits per heavy atom. The Kier molecular flexibility index (Phi) is 4.05. The van der Waals surface area contributed by atoms with Gasteiger partial charge >= 0.3 is 0 Å². The third kappa shape index (κ3) is 3.17. The van der Waals surface area contributed by atoms with Crippen molar-refractivity contribution >= 4 is 26.0 Å². The molecule has 1 aliphatic rings. The average Bonchev–Trinajstić information content (AvgIpc) is 3.07. The molecule has 2 rings (SSSR count). The molecule has 106 valence electrons. The van der Waals surface area contributed by atoms with Crippen LogP contribution in [0.2, 0.25) is 0 Å². The van der Waals surface area contributed by atoms with Crippen LogP contribution >= 0.6 is 15.9 Å². The Balaban J connectivity index is 2.15. The number of hydrogen-bond acceptors (Lipinski definition) is 2. The largest absolute Gasteiger partial charge is 0.243 e. The maximum atomic E-state index is 13.7. The Bertz CT molecular complexity index is 582. The maximum absolute atomic E-state index is 13.7. The average molecular weight is 350 g/mol. The fourth-order valence-corrected chi connectivity index (χ4v) is 3.66. The predicted molar refractivity (Wildman–Crippen MR) is 75.8 cm³/mol. The highest BCUT2D eigenvalue weighted by atomic mass is 79.9. The molecule has 0 aliphatic heterocycles. The third-order valence-corrected chi connectivity index (χ3v) is 5.84. The van der Waals surface area contributed by atoms with Gasteiger partial charge in [-0.05, 0) is 42.4 Å². The SMILES string of the molecule is CC(C)C1(CNS(=O)(=O)c2ccc(Br)cc2F)CC1. The molecule has 1 N–H and O–H groups in total. The summed E-state index contributed by atoms with van der Waals surface area (Å²) >= 11 is 3.11. The molecule has 3 nitrogen and oxygen atoms in total. The van der Waals surface area contributed by atoms with E-state index in [1.54, 1.807) is 0 Å². The molecule has 0 atom stereocenters. The number of sulfonamides is 1. The molecule has 0 radical (unpaired) electrons. The normalized spacial score (nSPS) is 17.7. The fourth-order valence-electron chi connectivity index (χ4n) is 2.13. The Labute approximate surface area is 121 Å². The van der Waals surface area contributed by atoms with Crippen LogP contribution in [0.25, 0.3) is 0 Å². The molecule has 0 aromatic heterocycles. The molecule has 0 heterocycles. The van der Waals surface area contributed by atoms with Crippen LogP contribution in [0, 0.1) is 17.2 Å². The standard InChI is InChI=1S/C13H17BrFNO2S/c1-9(2)13(5-6-13)8-16-19(17,18)12-4-3-10(14)7-11(12)15/h3-4,7,9,16H,5-6,8H2,1-2H3. The van der Waals surface area contributed by atoms with Crippen LogP contribution in [0.15, 0.2) is 27.6 Å². The van der Waals surface area contributed by atoms with E-state index in [1.807, 2.05) is 0 Å². The second kappa shape index (κ2) is 5.14. The lowest BCUT2D eigenvalue weighted by Crippen LogP contribution is -2.33. The topological polar surface area (TPSA) is 46.2 Å². The summed E-state index contributed by atoms with van der Waals surface area (Å²) in [5.74, 6) is -0.318. The minimum atomic E-state index is -3.78. The van der Waals surface area contributed by atoms with Crippen molar-refractivity contribution in [2.45, 2.75) is 31.6 Å². The van der Waals surface area contributed by atoms with Gasteiger partial charge in [-0.25, -0.2) is 17.5 Å². The zero-order chi connectivity index (χ0) is 14.3. The summed E-state index contributed by atoms with van der Waals surface area (Å²) in [6, 6.07) is 3.95. The Morgan fingerprint density at radius 2 is 2.05 bits per heavy atom. The van der Waals surface area contributed by atoms with E-state index in [-0.39, 0.29) is 10.3 Å². The molecule has 0 unspecified atom stereocenters. The third-order valence-electron chi connectivity index (χ3n) is 3.91. The van der Waals surface area contributed by atoms with Crippen molar-refractivity contribution in [1.82, 2.24) is 4.72 Å². The van der Waals surface area contributed by atoms with Crippen LogP contribution in [0.3, 0.4) is 0 Å². The van der Waals surface area contributed by atoms with Gasteiger partial charge in [-0.1, -0.05) is 29.8 Å². The van der Waals surface area contributed by atoms with Gasteiger partial charge in [-0.2, -0.15) is 0 Å². The molecule has 1 fully saturated rings. The van der Waals surface area contributed by atoms with E-state index in [1.165, 1.54) is 12.1 Å². The molecule has 1 saturated carbocycles. The fraction of sp³-hybridized carbons (Fsp3) is 0.538. The summed E-state index contributed by atoms with van der Waals surface area (Å²) in [5, 5.41) is 0. The van der Waals surface area contributed by atoms with Gasteiger partial charge in [0.05, 0.1) is 0 Å². The van der Waals surface area contributed by atoms with Crippen molar-refractivity contribution in [3.05, 3.63) is 28.5 Å². The van der Waals surface area contributed by atoms with Gasteiger partial charge in [-0.3, -0.25) is 0 Å². The Hall–Kier alpha value is -0.460. The van der Waals surface area contributed by atoms with Crippen molar-refractivity contribution < 1.29 is 12.8 Å². The van der Waals surface area contributed by atoms with E-state index in [4.69, 9.17) is 0 Å². The second-order valence-corrected chi connectivity index (χ2v) is 8.07. The van der Waals surface area contributed by atoms with Crippen molar-refractivity contribution in [2.24, 2.45) is 11.3 Å². The summed E-state index contributed by atoms with van der Waals surface area (Å²) in [6.45, 7) is 4.55. The zero-order valence-corrected chi connectivity index (χ0v) is 13.3. The summed E-state index contributed by atoms with van der Waals surface area (Å²) in [5.41, 5.74) is 0.0545. The van der Waals surface area contributed by atoms with Crippen LogP contribution in [0.4, 0.5) is 4.39 Å². The van der Waals surface area contributed by atoms with Crippen LogP contribution < -0.4 is 4.72 Å². The summed E-state index contributed by atoms with van der Waals surface area (Å²) in [6.07, 6.45) is 2.05. The van der Waals surface area contributed by atoms with E-state index in [9.17, 15) is 12.8 Å². The first-order valence-electron chi connectivity index (χ1n) is 6.22. The van der Waals surface area contributed by atoms with Gasteiger partial charge in [0.15, 0.2) is 0 Å². The van der Waals surface area contributed by atoms with Crippen molar-refractivity contribution in [1.29, 1.82) is 0 Å². The summed E-state index contributed by atoms with van der Waals surface area (Å²) in [4.78, 5) is -0.296. The van der Waals surface area contributed by atoms with Gasteiger partial charge in [-0.15, -0.1) is 0 Å². The number of halogens is 2. The molecular formula is C13H17BrFNO2S. The molecule has 0 bridgehead atoms. The lowest BCUT2D eigenvalue weighted by molar-refractivity contribution is 0.357. The van der Waals surface area contributed by atoms with Crippen LogP contribution in [0.1, 0.15) is 26.7 Å². The first-order valence-corrected chi connectivity index (χ1v) is 8.49. The quantitative estimate of drug-likeness (QED) is 0.886. The maximum Gasteiger partial charge on any atom is 0.243 e.